The number of imidazole rings is 2. The van der Waals surface area contributed by atoms with E-state index in [4.69, 9.17) is 5.73 Å². The van der Waals surface area contributed by atoms with Gasteiger partial charge in [-0.05, 0) is 18.6 Å². The summed E-state index contributed by atoms with van der Waals surface area (Å²) in [6.45, 7) is 2.03. The Hall–Kier alpha value is -3.09. The van der Waals surface area contributed by atoms with Crippen LogP contribution in [0.15, 0.2) is 41.8 Å². The number of hydrogen-bond acceptors (Lipinski definition) is 4. The summed E-state index contributed by atoms with van der Waals surface area (Å²) in [5.41, 5.74) is 10.2. The molecule has 0 unspecified atom stereocenters. The van der Waals surface area contributed by atoms with Crippen LogP contribution in [-0.2, 0) is 6.42 Å². The van der Waals surface area contributed by atoms with E-state index in [1.165, 1.54) is 0 Å². The van der Waals surface area contributed by atoms with E-state index in [-0.39, 0.29) is 5.56 Å². The molecule has 0 spiro atoms. The molecule has 7 heteroatoms. The largest absolute Gasteiger partial charge is 0.397 e. The van der Waals surface area contributed by atoms with Gasteiger partial charge in [0.05, 0.1) is 28.7 Å². The van der Waals surface area contributed by atoms with Gasteiger partial charge in [-0.15, -0.1) is 0 Å². The summed E-state index contributed by atoms with van der Waals surface area (Å²) in [4.78, 5) is 23.3. The van der Waals surface area contributed by atoms with Crippen LogP contribution >= 0.6 is 0 Å². The summed E-state index contributed by atoms with van der Waals surface area (Å²) in [5, 5.41) is 0. The van der Waals surface area contributed by atoms with Gasteiger partial charge in [-0.1, -0.05) is 6.92 Å². The molecule has 0 aliphatic heterocycles. The summed E-state index contributed by atoms with van der Waals surface area (Å²) in [6, 6.07) is 3.71. The van der Waals surface area contributed by atoms with Gasteiger partial charge in [0.1, 0.15) is 0 Å². The molecule has 0 amide bonds. The van der Waals surface area contributed by atoms with E-state index in [2.05, 4.69) is 15.0 Å². The lowest BCUT2D eigenvalue weighted by Gasteiger charge is -2.11. The van der Waals surface area contributed by atoms with Crippen molar-refractivity contribution in [2.45, 2.75) is 13.3 Å². The molecule has 3 heterocycles. The number of aromatic nitrogens is 5. The van der Waals surface area contributed by atoms with Crippen LogP contribution in [0.3, 0.4) is 0 Å². The Kier molecular flexibility index (Phi) is 2.56. The lowest BCUT2D eigenvalue weighted by atomic mass is 10.2. The zero-order valence-corrected chi connectivity index (χ0v) is 11.9. The molecule has 22 heavy (non-hydrogen) atoms. The zero-order valence-electron chi connectivity index (χ0n) is 11.9. The van der Waals surface area contributed by atoms with Crippen molar-refractivity contribution in [3.63, 3.8) is 0 Å². The Morgan fingerprint density at radius 2 is 2.23 bits per heavy atom. The highest BCUT2D eigenvalue weighted by Crippen LogP contribution is 2.24. The van der Waals surface area contributed by atoms with Gasteiger partial charge in [-0.25, -0.2) is 9.97 Å². The molecule has 3 N–H and O–H groups in total. The third kappa shape index (κ3) is 1.65. The fraction of sp³-hybridized carbons (Fsp3) is 0.133. The number of benzene rings is 1. The van der Waals surface area contributed by atoms with Crippen molar-refractivity contribution in [3.8, 4) is 5.69 Å². The second kappa shape index (κ2) is 4.45. The van der Waals surface area contributed by atoms with Crippen LogP contribution in [0.1, 0.15) is 12.6 Å². The smallest absolute Gasteiger partial charge is 0.292 e. The van der Waals surface area contributed by atoms with E-state index in [1.807, 2.05) is 28.2 Å². The minimum atomic E-state index is -0.220. The maximum Gasteiger partial charge on any atom is 0.292 e. The first-order valence-electron chi connectivity index (χ1n) is 6.99. The SMILES string of the molecule is CCc1cnc2c(=O)[nH]c3cc(N)c(-n4ccnc4)cc3n12. The summed E-state index contributed by atoms with van der Waals surface area (Å²) in [6.07, 6.45) is 7.73. The fourth-order valence-corrected chi connectivity index (χ4v) is 2.75. The van der Waals surface area contributed by atoms with Gasteiger partial charge in [-0.2, -0.15) is 0 Å². The van der Waals surface area contributed by atoms with Crippen LogP contribution in [0.5, 0.6) is 0 Å². The number of hydrogen-bond donors (Lipinski definition) is 2. The molecule has 110 valence electrons. The molecule has 0 radical (unpaired) electrons. The maximum atomic E-state index is 12.2. The van der Waals surface area contributed by atoms with Crippen LogP contribution in [0.25, 0.3) is 22.4 Å². The first kappa shape index (κ1) is 12.6. The molecule has 7 nitrogen and oxygen atoms in total. The zero-order chi connectivity index (χ0) is 15.3. The number of rotatable bonds is 2. The predicted octanol–water partition coefficient (Wildman–Crippen LogP) is 1.51. The lowest BCUT2D eigenvalue weighted by Crippen LogP contribution is -2.12. The molecule has 0 saturated heterocycles. The highest BCUT2D eigenvalue weighted by atomic mass is 16.1. The summed E-state index contributed by atoms with van der Waals surface area (Å²) in [5.74, 6) is 0. The number of fused-ring (bicyclic) bond motifs is 3. The van der Waals surface area contributed by atoms with Crippen molar-refractivity contribution in [2.75, 3.05) is 5.73 Å². The molecule has 4 aromatic rings. The quantitative estimate of drug-likeness (QED) is 0.548. The lowest BCUT2D eigenvalue weighted by molar-refractivity contribution is 1.00. The molecule has 0 saturated carbocycles. The van der Waals surface area contributed by atoms with Gasteiger partial charge in [-0.3, -0.25) is 9.20 Å². The van der Waals surface area contributed by atoms with Crippen LogP contribution in [0.2, 0.25) is 0 Å². The Balaban J connectivity index is 2.18. The van der Waals surface area contributed by atoms with Gasteiger partial charge in [0.2, 0.25) is 5.65 Å². The topological polar surface area (TPSA) is 94.0 Å². The van der Waals surface area contributed by atoms with E-state index < -0.39 is 0 Å². The van der Waals surface area contributed by atoms with Crippen molar-refractivity contribution in [3.05, 3.63) is 53.1 Å². The summed E-state index contributed by atoms with van der Waals surface area (Å²) in [7, 11) is 0. The molecule has 1 aromatic carbocycles. The van der Waals surface area contributed by atoms with Crippen LogP contribution in [0, 0.1) is 0 Å². The van der Waals surface area contributed by atoms with Crippen molar-refractivity contribution in [1.82, 2.24) is 23.9 Å². The summed E-state index contributed by atoms with van der Waals surface area (Å²) < 4.78 is 3.72. The number of nitrogens with one attached hydrogen (secondary N) is 1. The minimum Gasteiger partial charge on any atom is -0.397 e. The fourth-order valence-electron chi connectivity index (χ4n) is 2.75. The highest BCUT2D eigenvalue weighted by Gasteiger charge is 2.12. The first-order valence-corrected chi connectivity index (χ1v) is 6.99. The van der Waals surface area contributed by atoms with Crippen LogP contribution in [0.4, 0.5) is 5.69 Å². The van der Waals surface area contributed by atoms with Gasteiger partial charge in [0, 0.05) is 24.3 Å². The third-order valence-corrected chi connectivity index (χ3v) is 3.82. The Morgan fingerprint density at radius 3 is 2.95 bits per heavy atom. The average molecular weight is 294 g/mol. The Labute approximate surface area is 125 Å². The molecule has 0 aliphatic rings. The van der Waals surface area contributed by atoms with E-state index in [9.17, 15) is 4.79 Å². The minimum absolute atomic E-state index is 0.220. The summed E-state index contributed by atoms with van der Waals surface area (Å²) >= 11 is 0. The molecule has 0 fully saturated rings. The molecule has 4 rings (SSSR count). The van der Waals surface area contributed by atoms with Gasteiger partial charge in [0.15, 0.2) is 0 Å². The number of nitrogen functional groups attached to an aromatic ring is 1. The number of nitrogens with zero attached hydrogens (tertiary/aromatic N) is 4. The predicted molar refractivity (Wildman–Crippen MR) is 84.2 cm³/mol. The second-order valence-electron chi connectivity index (χ2n) is 5.11. The van der Waals surface area contributed by atoms with E-state index in [0.29, 0.717) is 16.9 Å². The second-order valence-corrected chi connectivity index (χ2v) is 5.11. The van der Waals surface area contributed by atoms with Gasteiger partial charge >= 0.3 is 0 Å². The molecule has 0 aliphatic carbocycles. The van der Waals surface area contributed by atoms with E-state index in [1.54, 1.807) is 24.8 Å². The van der Waals surface area contributed by atoms with E-state index in [0.717, 1.165) is 23.3 Å². The normalized spacial score (nSPS) is 11.5. The molecule has 0 atom stereocenters. The molecular weight excluding hydrogens is 280 g/mol. The number of H-pyrrole nitrogens is 1. The van der Waals surface area contributed by atoms with Crippen molar-refractivity contribution in [2.24, 2.45) is 0 Å². The van der Waals surface area contributed by atoms with E-state index >= 15 is 0 Å². The third-order valence-electron chi connectivity index (χ3n) is 3.82. The van der Waals surface area contributed by atoms with Gasteiger partial charge < -0.3 is 15.3 Å². The molecule has 3 aromatic heterocycles. The van der Waals surface area contributed by atoms with Gasteiger partial charge in [0.25, 0.3) is 5.56 Å². The molecular formula is C15H14N6O. The number of nitrogens with two attached hydrogens (primary N) is 1. The Morgan fingerprint density at radius 1 is 1.36 bits per heavy atom. The first-order chi connectivity index (χ1) is 10.7. The number of aromatic amines is 1. The van der Waals surface area contributed by atoms with Crippen molar-refractivity contribution < 1.29 is 0 Å². The molecule has 0 bridgehead atoms. The number of anilines is 1. The van der Waals surface area contributed by atoms with Crippen molar-refractivity contribution in [1.29, 1.82) is 0 Å². The van der Waals surface area contributed by atoms with Crippen LogP contribution < -0.4 is 11.3 Å². The monoisotopic (exact) mass is 294 g/mol. The number of aryl methyl sites for hydroxylation is 1. The average Bonchev–Trinajstić information content (AvgIpc) is 3.16. The van der Waals surface area contributed by atoms with Crippen LogP contribution in [-0.4, -0.2) is 23.9 Å². The highest BCUT2D eigenvalue weighted by molar-refractivity contribution is 5.85. The standard InChI is InChI=1S/C15H14N6O/c1-2-9-7-18-14-15(22)19-11-5-10(16)12(6-13(11)21(9)14)20-4-3-17-8-20/h3-8H,2,16H2,1H3,(H,19,22). The Bertz CT molecular complexity index is 1040. The maximum absolute atomic E-state index is 12.2. The van der Waals surface area contributed by atoms with Crippen molar-refractivity contribution >= 4 is 22.4 Å².